The van der Waals surface area contributed by atoms with Crippen LogP contribution in [0.15, 0.2) is 24.4 Å². The fourth-order valence-electron chi connectivity index (χ4n) is 0.349. The Hall–Kier alpha value is 0.01000. The lowest BCUT2D eigenvalue weighted by atomic mass is 10.2. The molecule has 0 aromatic heterocycles. The minimum Gasteiger partial charge on any atom is -0.405 e. The molecule has 0 fully saturated rings. The van der Waals surface area contributed by atoms with Gasteiger partial charge in [0, 0.05) is 3.42 Å². The molecule has 52 valence electrons. The fraction of sp³-hybridized carbons (Fsp3) is 0.429. The maximum absolute atomic E-state index is 5.12. The lowest BCUT2D eigenvalue weighted by molar-refractivity contribution is 0.945. The van der Waals surface area contributed by atoms with Crippen LogP contribution in [0.3, 0.4) is 0 Å². The number of hydrogen-bond donors (Lipinski definition) is 1. The Kier molecular flexibility index (Phi) is 3.93. The Bertz CT molecular complexity index is 119. The zero-order valence-corrected chi connectivity index (χ0v) is 7.92. The van der Waals surface area contributed by atoms with E-state index in [2.05, 4.69) is 42.5 Å². The molecule has 0 heterocycles. The van der Waals surface area contributed by atoms with E-state index in [1.54, 1.807) is 0 Å². The van der Waals surface area contributed by atoms with Crippen molar-refractivity contribution >= 4 is 22.6 Å². The molecule has 0 saturated carbocycles. The molecule has 0 radical (unpaired) electrons. The zero-order valence-electron chi connectivity index (χ0n) is 5.76. The van der Waals surface area contributed by atoms with Gasteiger partial charge in [0.2, 0.25) is 0 Å². The molecule has 0 aromatic rings. The Labute approximate surface area is 70.2 Å². The second-order valence-electron chi connectivity index (χ2n) is 2.31. The predicted molar refractivity (Wildman–Crippen MR) is 50.6 cm³/mol. The van der Waals surface area contributed by atoms with Crippen LogP contribution in [-0.2, 0) is 0 Å². The molecule has 0 spiro atoms. The van der Waals surface area contributed by atoms with Crippen LogP contribution in [0, 0.1) is 0 Å². The Balaban J connectivity index is 3.71. The van der Waals surface area contributed by atoms with E-state index < -0.39 is 0 Å². The number of halogens is 1. The third kappa shape index (κ3) is 8.01. The summed E-state index contributed by atoms with van der Waals surface area (Å²) in [7, 11) is 0. The highest BCUT2D eigenvalue weighted by molar-refractivity contribution is 14.1. The van der Waals surface area contributed by atoms with Gasteiger partial charge in [-0.15, -0.1) is 0 Å². The van der Waals surface area contributed by atoms with Crippen molar-refractivity contribution in [1.82, 2.24) is 0 Å². The molecule has 0 aliphatic rings. The van der Waals surface area contributed by atoms with Gasteiger partial charge in [0.25, 0.3) is 0 Å². The van der Waals surface area contributed by atoms with Crippen molar-refractivity contribution in [2.45, 2.75) is 17.3 Å². The van der Waals surface area contributed by atoms with Gasteiger partial charge in [0.15, 0.2) is 0 Å². The quantitative estimate of drug-likeness (QED) is 0.445. The van der Waals surface area contributed by atoms with E-state index in [1.165, 1.54) is 6.20 Å². The molecule has 0 saturated heterocycles. The van der Waals surface area contributed by atoms with Crippen LogP contribution < -0.4 is 5.73 Å². The first kappa shape index (κ1) is 9.01. The van der Waals surface area contributed by atoms with Gasteiger partial charge in [-0.1, -0.05) is 34.7 Å². The minimum absolute atomic E-state index is 0.233. The van der Waals surface area contributed by atoms with Crippen molar-refractivity contribution in [3.8, 4) is 0 Å². The van der Waals surface area contributed by atoms with Crippen molar-refractivity contribution in [3.05, 3.63) is 24.4 Å². The molecule has 2 heteroatoms. The molecule has 0 unspecified atom stereocenters. The molecule has 9 heavy (non-hydrogen) atoms. The number of alkyl halides is 1. The predicted octanol–water partition coefficient (Wildman–Crippen LogP) is 2.23. The van der Waals surface area contributed by atoms with Crippen LogP contribution in [0.25, 0.3) is 0 Å². The highest BCUT2D eigenvalue weighted by Crippen LogP contribution is 2.17. The van der Waals surface area contributed by atoms with Crippen molar-refractivity contribution in [3.63, 3.8) is 0 Å². The topological polar surface area (TPSA) is 26.0 Å². The zero-order chi connectivity index (χ0) is 7.33. The summed E-state index contributed by atoms with van der Waals surface area (Å²) in [5, 5.41) is 0. The second kappa shape index (κ2) is 3.93. The summed E-state index contributed by atoms with van der Waals surface area (Å²) in [4.78, 5) is 0. The van der Waals surface area contributed by atoms with E-state index >= 15 is 0 Å². The lowest BCUT2D eigenvalue weighted by Crippen LogP contribution is -2.01. The minimum atomic E-state index is 0.233. The van der Waals surface area contributed by atoms with Crippen molar-refractivity contribution in [2.75, 3.05) is 0 Å². The molecule has 1 nitrogen and oxygen atoms in total. The molecule has 0 rings (SSSR count). The van der Waals surface area contributed by atoms with Crippen LogP contribution >= 0.6 is 22.6 Å². The van der Waals surface area contributed by atoms with Gasteiger partial charge < -0.3 is 5.73 Å². The summed E-state index contributed by atoms with van der Waals surface area (Å²) in [5.74, 6) is 0. The molecule has 0 aliphatic heterocycles. The average molecular weight is 237 g/mol. The summed E-state index contributed by atoms with van der Waals surface area (Å²) in [6.07, 6.45) is 7.39. The normalized spacial score (nSPS) is 13.7. The highest BCUT2D eigenvalue weighted by atomic mass is 127. The van der Waals surface area contributed by atoms with Crippen molar-refractivity contribution in [1.29, 1.82) is 0 Å². The lowest BCUT2D eigenvalue weighted by Gasteiger charge is -2.07. The van der Waals surface area contributed by atoms with Gasteiger partial charge in [0.1, 0.15) is 0 Å². The van der Waals surface area contributed by atoms with Crippen LogP contribution in [0.2, 0.25) is 0 Å². The van der Waals surface area contributed by atoms with Gasteiger partial charge >= 0.3 is 0 Å². The van der Waals surface area contributed by atoms with Gasteiger partial charge in [-0.25, -0.2) is 0 Å². The van der Waals surface area contributed by atoms with E-state index in [4.69, 9.17) is 5.73 Å². The smallest absolute Gasteiger partial charge is 0.0347 e. The molecule has 0 amide bonds. The Morgan fingerprint density at radius 1 is 1.33 bits per heavy atom. The first-order valence-corrected chi connectivity index (χ1v) is 3.89. The standard InChI is InChI=1S/C7H12IN/c1-7(2,8)5-3-4-6-9/h3-6H,9H2,1-2H3/b5-3-,6-4-. The van der Waals surface area contributed by atoms with Crippen LogP contribution in [-0.4, -0.2) is 3.42 Å². The van der Waals surface area contributed by atoms with E-state index in [0.29, 0.717) is 0 Å². The first-order valence-electron chi connectivity index (χ1n) is 2.81. The highest BCUT2D eigenvalue weighted by Gasteiger charge is 2.04. The number of rotatable bonds is 2. The molecule has 0 bridgehead atoms. The SMILES string of the molecule is CC(C)(I)/C=C\C=C/N. The number of nitrogens with two attached hydrogens (primary N) is 1. The van der Waals surface area contributed by atoms with Gasteiger partial charge in [0.05, 0.1) is 0 Å². The summed E-state index contributed by atoms with van der Waals surface area (Å²) >= 11 is 2.35. The van der Waals surface area contributed by atoms with E-state index in [1.807, 2.05) is 12.2 Å². The molecule has 2 N–H and O–H groups in total. The molecular formula is C7H12IN. The van der Waals surface area contributed by atoms with Gasteiger partial charge in [-0.05, 0) is 26.1 Å². The monoisotopic (exact) mass is 237 g/mol. The van der Waals surface area contributed by atoms with E-state index in [-0.39, 0.29) is 3.42 Å². The van der Waals surface area contributed by atoms with Gasteiger partial charge in [-0.3, -0.25) is 0 Å². The second-order valence-corrected chi connectivity index (χ2v) is 5.09. The first-order chi connectivity index (χ1) is 4.06. The Morgan fingerprint density at radius 3 is 2.22 bits per heavy atom. The summed E-state index contributed by atoms with van der Waals surface area (Å²) in [5.41, 5.74) is 5.12. The van der Waals surface area contributed by atoms with Crippen LogP contribution in [0.5, 0.6) is 0 Å². The van der Waals surface area contributed by atoms with Crippen molar-refractivity contribution in [2.24, 2.45) is 5.73 Å². The third-order valence-corrected chi connectivity index (χ3v) is 1.07. The maximum atomic E-state index is 5.12. The number of allylic oxidation sites excluding steroid dienone is 3. The molecule has 0 aliphatic carbocycles. The maximum Gasteiger partial charge on any atom is 0.0347 e. The number of hydrogen-bond acceptors (Lipinski definition) is 1. The summed E-state index contributed by atoms with van der Waals surface area (Å²) in [6, 6.07) is 0. The fourth-order valence-corrected chi connectivity index (χ4v) is 0.556. The van der Waals surface area contributed by atoms with E-state index in [9.17, 15) is 0 Å². The van der Waals surface area contributed by atoms with E-state index in [0.717, 1.165) is 0 Å². The van der Waals surface area contributed by atoms with Crippen LogP contribution in [0.1, 0.15) is 13.8 Å². The average Bonchev–Trinajstić information content (AvgIpc) is 1.63. The molecular weight excluding hydrogens is 225 g/mol. The van der Waals surface area contributed by atoms with Crippen LogP contribution in [0.4, 0.5) is 0 Å². The third-order valence-electron chi connectivity index (χ3n) is 0.715. The molecule has 0 aromatic carbocycles. The van der Waals surface area contributed by atoms with Gasteiger partial charge in [-0.2, -0.15) is 0 Å². The molecule has 0 atom stereocenters. The Morgan fingerprint density at radius 2 is 1.89 bits per heavy atom. The largest absolute Gasteiger partial charge is 0.405 e. The summed E-state index contributed by atoms with van der Waals surface area (Å²) in [6.45, 7) is 4.27. The van der Waals surface area contributed by atoms with Crippen molar-refractivity contribution < 1.29 is 0 Å². The summed E-state index contributed by atoms with van der Waals surface area (Å²) < 4.78 is 0.233.